The molecule has 1 aromatic carbocycles. The van der Waals surface area contributed by atoms with Gasteiger partial charge in [-0.1, -0.05) is 37.3 Å². The molecule has 1 fully saturated rings. The summed E-state index contributed by atoms with van der Waals surface area (Å²) < 4.78 is 5.28. The molecule has 1 N–H and O–H groups in total. The molecule has 1 aliphatic rings. The van der Waals surface area contributed by atoms with Gasteiger partial charge in [-0.2, -0.15) is 0 Å². The molecule has 19 heavy (non-hydrogen) atoms. The highest BCUT2D eigenvalue weighted by Crippen LogP contribution is 2.18. The van der Waals surface area contributed by atoms with Crippen LogP contribution in [0.3, 0.4) is 0 Å². The second kappa shape index (κ2) is 6.57. The third-order valence-electron chi connectivity index (χ3n) is 3.62. The van der Waals surface area contributed by atoms with Gasteiger partial charge in [0.2, 0.25) is 0 Å². The largest absolute Gasteiger partial charge is 0.445 e. The maximum atomic E-state index is 12.0. The van der Waals surface area contributed by atoms with Crippen LogP contribution in [0.4, 0.5) is 4.79 Å². The summed E-state index contributed by atoms with van der Waals surface area (Å²) in [6.07, 6.45) is 1.08. The van der Waals surface area contributed by atoms with Crippen molar-refractivity contribution in [2.24, 2.45) is 5.92 Å². The molecule has 0 bridgehead atoms. The van der Waals surface area contributed by atoms with Crippen LogP contribution in [-0.4, -0.2) is 35.3 Å². The van der Waals surface area contributed by atoms with Crippen LogP contribution < -0.4 is 0 Å². The number of carbonyl (C=O) groups excluding carboxylic acids is 1. The van der Waals surface area contributed by atoms with E-state index in [1.807, 2.05) is 37.3 Å². The lowest BCUT2D eigenvalue weighted by molar-refractivity contribution is 0.0617. The first kappa shape index (κ1) is 13.9. The van der Waals surface area contributed by atoms with Crippen molar-refractivity contribution in [1.82, 2.24) is 4.90 Å². The van der Waals surface area contributed by atoms with Gasteiger partial charge < -0.3 is 14.7 Å². The zero-order chi connectivity index (χ0) is 13.7. The van der Waals surface area contributed by atoms with E-state index in [1.165, 1.54) is 0 Å². The van der Waals surface area contributed by atoms with Gasteiger partial charge >= 0.3 is 6.09 Å². The maximum Gasteiger partial charge on any atom is 0.410 e. The fourth-order valence-corrected chi connectivity index (χ4v) is 2.27. The van der Waals surface area contributed by atoms with E-state index in [-0.39, 0.29) is 18.6 Å². The number of carbonyl (C=O) groups is 1. The number of aliphatic hydroxyl groups excluding tert-OH is 1. The van der Waals surface area contributed by atoms with E-state index >= 15 is 0 Å². The van der Waals surface area contributed by atoms with Crippen molar-refractivity contribution in [3.05, 3.63) is 35.9 Å². The van der Waals surface area contributed by atoms with Crippen molar-refractivity contribution in [3.8, 4) is 0 Å². The van der Waals surface area contributed by atoms with Gasteiger partial charge in [0, 0.05) is 6.54 Å². The Balaban J connectivity index is 1.85. The molecule has 0 aliphatic carbocycles. The molecular formula is C15H21NO3. The number of amides is 1. The van der Waals surface area contributed by atoms with Crippen LogP contribution in [0.2, 0.25) is 0 Å². The highest BCUT2D eigenvalue weighted by atomic mass is 16.6. The number of hydrogen-bond acceptors (Lipinski definition) is 3. The summed E-state index contributed by atoms with van der Waals surface area (Å²) in [5, 5.41) is 9.91. The van der Waals surface area contributed by atoms with E-state index in [0.717, 1.165) is 18.4 Å². The van der Waals surface area contributed by atoms with Gasteiger partial charge in [0.25, 0.3) is 0 Å². The Hall–Kier alpha value is -1.55. The average Bonchev–Trinajstić information content (AvgIpc) is 2.60. The lowest BCUT2D eigenvalue weighted by atomic mass is 10.0. The minimum atomic E-state index is -0.452. The molecule has 2 atom stereocenters. The molecule has 1 heterocycles. The van der Waals surface area contributed by atoms with E-state index in [1.54, 1.807) is 4.90 Å². The topological polar surface area (TPSA) is 49.8 Å². The fourth-order valence-electron chi connectivity index (χ4n) is 2.27. The van der Waals surface area contributed by atoms with E-state index in [0.29, 0.717) is 13.1 Å². The molecule has 1 aromatic rings. The normalized spacial score (nSPS) is 23.8. The number of likely N-dealkylation sites (tertiary alicyclic amines) is 1. The molecule has 1 aliphatic heterocycles. The first-order chi connectivity index (χ1) is 9.16. The van der Waals surface area contributed by atoms with Crippen LogP contribution in [0.1, 0.15) is 25.3 Å². The first-order valence-electron chi connectivity index (χ1n) is 6.80. The Bertz CT molecular complexity index is 407. The van der Waals surface area contributed by atoms with Crippen molar-refractivity contribution in [2.45, 2.75) is 32.5 Å². The summed E-state index contributed by atoms with van der Waals surface area (Å²) >= 11 is 0. The quantitative estimate of drug-likeness (QED) is 0.891. The van der Waals surface area contributed by atoms with Crippen LogP contribution in [0.5, 0.6) is 0 Å². The zero-order valence-electron chi connectivity index (χ0n) is 11.3. The standard InChI is InChI=1S/C15H21NO3/c1-12-6-5-9-16(10-14(12)17)15(18)19-11-13-7-3-2-4-8-13/h2-4,7-8,12,14,17H,5-6,9-11H2,1H3/t12?,14-/m0/s1. The highest BCUT2D eigenvalue weighted by molar-refractivity contribution is 5.67. The van der Waals surface area contributed by atoms with Gasteiger partial charge in [-0.3, -0.25) is 0 Å². The minimum absolute atomic E-state index is 0.243. The molecule has 1 amide bonds. The SMILES string of the molecule is CC1CCCN(C(=O)OCc2ccccc2)C[C@@H]1O. The molecule has 0 aromatic heterocycles. The van der Waals surface area contributed by atoms with Crippen LogP contribution >= 0.6 is 0 Å². The average molecular weight is 263 g/mol. The second-order valence-electron chi connectivity index (χ2n) is 5.17. The van der Waals surface area contributed by atoms with Crippen LogP contribution in [0.25, 0.3) is 0 Å². The van der Waals surface area contributed by atoms with Crippen LogP contribution in [-0.2, 0) is 11.3 Å². The Morgan fingerprint density at radius 1 is 1.42 bits per heavy atom. The minimum Gasteiger partial charge on any atom is -0.445 e. The van der Waals surface area contributed by atoms with E-state index in [2.05, 4.69) is 0 Å². The number of hydrogen-bond donors (Lipinski definition) is 1. The molecule has 1 unspecified atom stereocenters. The maximum absolute atomic E-state index is 12.0. The molecule has 2 rings (SSSR count). The van der Waals surface area contributed by atoms with E-state index < -0.39 is 6.10 Å². The van der Waals surface area contributed by atoms with Crippen molar-refractivity contribution >= 4 is 6.09 Å². The lowest BCUT2D eigenvalue weighted by Crippen LogP contribution is -2.38. The van der Waals surface area contributed by atoms with Gasteiger partial charge in [-0.15, -0.1) is 0 Å². The molecule has 104 valence electrons. The van der Waals surface area contributed by atoms with Gasteiger partial charge in [0.1, 0.15) is 6.61 Å². The monoisotopic (exact) mass is 263 g/mol. The van der Waals surface area contributed by atoms with Gasteiger partial charge in [0.05, 0.1) is 12.6 Å². The zero-order valence-corrected chi connectivity index (χ0v) is 11.3. The number of rotatable bonds is 2. The summed E-state index contributed by atoms with van der Waals surface area (Å²) in [5.41, 5.74) is 0.972. The third-order valence-corrected chi connectivity index (χ3v) is 3.62. The molecule has 1 saturated heterocycles. The fraction of sp³-hybridized carbons (Fsp3) is 0.533. The molecule has 0 spiro atoms. The summed E-state index contributed by atoms with van der Waals surface area (Å²) in [6.45, 7) is 3.33. The number of benzene rings is 1. The molecule has 4 heteroatoms. The summed E-state index contributed by atoms with van der Waals surface area (Å²) in [6, 6.07) is 9.61. The predicted molar refractivity (Wildman–Crippen MR) is 72.6 cm³/mol. The van der Waals surface area contributed by atoms with Gasteiger partial charge in [-0.25, -0.2) is 4.79 Å². The summed E-state index contributed by atoms with van der Waals surface area (Å²) in [5.74, 6) is 0.243. The van der Waals surface area contributed by atoms with Crippen molar-refractivity contribution in [3.63, 3.8) is 0 Å². The Morgan fingerprint density at radius 3 is 2.89 bits per heavy atom. The van der Waals surface area contributed by atoms with Crippen molar-refractivity contribution < 1.29 is 14.6 Å². The van der Waals surface area contributed by atoms with Crippen LogP contribution in [0.15, 0.2) is 30.3 Å². The van der Waals surface area contributed by atoms with Gasteiger partial charge in [0.15, 0.2) is 0 Å². The first-order valence-corrected chi connectivity index (χ1v) is 6.80. The van der Waals surface area contributed by atoms with Gasteiger partial charge in [-0.05, 0) is 24.3 Å². The summed E-state index contributed by atoms with van der Waals surface area (Å²) in [7, 11) is 0. The number of ether oxygens (including phenoxy) is 1. The van der Waals surface area contributed by atoms with Crippen molar-refractivity contribution in [1.29, 1.82) is 0 Å². The molecular weight excluding hydrogens is 242 g/mol. The number of β-amino-alcohol motifs (C(OH)–C–C–N with tert-alkyl or cyclic N) is 1. The Morgan fingerprint density at radius 2 is 2.16 bits per heavy atom. The van der Waals surface area contributed by atoms with Crippen molar-refractivity contribution in [2.75, 3.05) is 13.1 Å². The smallest absolute Gasteiger partial charge is 0.410 e. The molecule has 0 radical (unpaired) electrons. The van der Waals surface area contributed by atoms with Crippen LogP contribution in [0, 0.1) is 5.92 Å². The third kappa shape index (κ3) is 3.96. The number of aliphatic hydroxyl groups is 1. The Kier molecular flexibility index (Phi) is 4.80. The molecule has 0 saturated carbocycles. The van der Waals surface area contributed by atoms with E-state index in [4.69, 9.17) is 4.74 Å². The predicted octanol–water partition coefficient (Wildman–Crippen LogP) is 2.42. The van der Waals surface area contributed by atoms with E-state index in [9.17, 15) is 9.90 Å². The second-order valence-corrected chi connectivity index (χ2v) is 5.17. The lowest BCUT2D eigenvalue weighted by Gasteiger charge is -2.22. The summed E-state index contributed by atoms with van der Waals surface area (Å²) in [4.78, 5) is 13.6. The number of nitrogens with zero attached hydrogens (tertiary/aromatic N) is 1. The molecule has 4 nitrogen and oxygen atoms in total. The Labute approximate surface area is 114 Å². The highest BCUT2D eigenvalue weighted by Gasteiger charge is 2.25.